The van der Waals surface area contributed by atoms with Crippen LogP contribution in [0.1, 0.15) is 25.6 Å². The first kappa shape index (κ1) is 17.9. The number of nitrogens with zero attached hydrogens (tertiary/aromatic N) is 1. The topological polar surface area (TPSA) is 80.3 Å². The van der Waals surface area contributed by atoms with Crippen LogP contribution in [0.5, 0.6) is 5.19 Å². The van der Waals surface area contributed by atoms with E-state index < -0.39 is 17.4 Å². The van der Waals surface area contributed by atoms with Crippen LogP contribution in [0, 0.1) is 5.82 Å². The van der Waals surface area contributed by atoms with Crippen molar-refractivity contribution in [3.8, 4) is 5.19 Å². The molecule has 24 heavy (non-hydrogen) atoms. The van der Waals surface area contributed by atoms with E-state index in [1.54, 1.807) is 6.07 Å². The van der Waals surface area contributed by atoms with Gasteiger partial charge in [0.25, 0.3) is 5.19 Å². The van der Waals surface area contributed by atoms with Crippen molar-refractivity contribution in [3.63, 3.8) is 0 Å². The molecule has 0 aliphatic rings. The van der Waals surface area contributed by atoms with E-state index in [2.05, 4.69) is 15.6 Å². The second-order valence-corrected chi connectivity index (χ2v) is 7.17. The zero-order valence-corrected chi connectivity index (χ0v) is 14.4. The molecular formula is C16H18FN3O3S. The van der Waals surface area contributed by atoms with Crippen LogP contribution >= 0.6 is 11.3 Å². The number of hydrogen-bond acceptors (Lipinski definition) is 5. The average Bonchev–Trinajstić information content (AvgIpc) is 2.83. The van der Waals surface area contributed by atoms with E-state index in [4.69, 9.17) is 4.74 Å². The lowest BCUT2D eigenvalue weighted by atomic mass is 10.1. The number of nitrogens with one attached hydrogen (secondary N) is 2. The number of thiazole rings is 1. The van der Waals surface area contributed by atoms with Crippen LogP contribution < -0.4 is 15.4 Å². The second-order valence-electron chi connectivity index (χ2n) is 6.09. The van der Waals surface area contributed by atoms with Crippen LogP contribution in [0.2, 0.25) is 0 Å². The lowest BCUT2D eigenvalue weighted by Gasteiger charge is -2.18. The van der Waals surface area contributed by atoms with Crippen molar-refractivity contribution in [2.45, 2.75) is 32.7 Å². The third kappa shape index (κ3) is 5.96. The van der Waals surface area contributed by atoms with Crippen LogP contribution in [0.4, 0.5) is 14.9 Å². The molecule has 0 spiro atoms. The van der Waals surface area contributed by atoms with Gasteiger partial charge in [-0.2, -0.15) is 0 Å². The third-order valence-corrected chi connectivity index (χ3v) is 3.51. The molecule has 128 valence electrons. The van der Waals surface area contributed by atoms with Crippen molar-refractivity contribution >= 4 is 29.0 Å². The van der Waals surface area contributed by atoms with E-state index in [1.165, 1.54) is 24.4 Å². The van der Waals surface area contributed by atoms with E-state index >= 15 is 0 Å². The van der Waals surface area contributed by atoms with Crippen molar-refractivity contribution in [1.29, 1.82) is 0 Å². The summed E-state index contributed by atoms with van der Waals surface area (Å²) in [4.78, 5) is 28.2. The van der Waals surface area contributed by atoms with Gasteiger partial charge in [0.05, 0.1) is 6.42 Å². The summed E-state index contributed by atoms with van der Waals surface area (Å²) in [6.45, 7) is 5.49. The van der Waals surface area contributed by atoms with Gasteiger partial charge in [-0.3, -0.25) is 4.79 Å². The van der Waals surface area contributed by atoms with Gasteiger partial charge in [0.2, 0.25) is 5.91 Å². The van der Waals surface area contributed by atoms with Gasteiger partial charge in [-0.1, -0.05) is 17.4 Å². The molecule has 0 atom stereocenters. The number of carbonyl (C=O) groups is 2. The Morgan fingerprint density at radius 3 is 2.75 bits per heavy atom. The lowest BCUT2D eigenvalue weighted by Crippen LogP contribution is -2.42. The minimum Gasteiger partial charge on any atom is -0.381 e. The number of aromatic nitrogens is 1. The molecule has 0 aliphatic heterocycles. The van der Waals surface area contributed by atoms with Crippen molar-refractivity contribution in [3.05, 3.63) is 41.2 Å². The molecule has 1 aromatic heterocycles. The summed E-state index contributed by atoms with van der Waals surface area (Å²) in [5.74, 6) is -0.735. The number of carbonyl (C=O) groups excluding carboxylic acids is 2. The summed E-state index contributed by atoms with van der Waals surface area (Å²) in [6.07, 6.45) is 0.918. The molecule has 6 nitrogen and oxygen atoms in total. The smallest absolute Gasteiger partial charge is 0.381 e. The molecule has 1 aromatic carbocycles. The van der Waals surface area contributed by atoms with Gasteiger partial charge in [0, 0.05) is 22.3 Å². The molecule has 0 aliphatic carbocycles. The van der Waals surface area contributed by atoms with Crippen molar-refractivity contribution < 1.29 is 18.7 Å². The fraction of sp³-hybridized carbons (Fsp3) is 0.312. The number of benzene rings is 1. The predicted octanol–water partition coefficient (Wildman–Crippen LogP) is 3.35. The van der Waals surface area contributed by atoms with Crippen molar-refractivity contribution in [2.75, 3.05) is 5.32 Å². The molecule has 0 bridgehead atoms. The highest BCUT2D eigenvalue weighted by Crippen LogP contribution is 2.22. The van der Waals surface area contributed by atoms with Gasteiger partial charge in [0.15, 0.2) is 0 Å². The monoisotopic (exact) mass is 351 g/mol. The number of rotatable bonds is 4. The number of amides is 2. The Kier molecular flexibility index (Phi) is 5.50. The minimum absolute atomic E-state index is 0.0540. The molecule has 1 heterocycles. The Labute approximate surface area is 143 Å². The fourth-order valence-electron chi connectivity index (χ4n) is 1.76. The number of halogens is 1. The van der Waals surface area contributed by atoms with E-state index in [-0.39, 0.29) is 17.5 Å². The lowest BCUT2D eigenvalue weighted by molar-refractivity contribution is -0.115. The molecule has 0 fully saturated rings. The Bertz CT molecular complexity index is 740. The van der Waals surface area contributed by atoms with Crippen LogP contribution in [0.3, 0.4) is 0 Å². The molecule has 0 saturated carbocycles. The van der Waals surface area contributed by atoms with E-state index in [1.807, 2.05) is 20.8 Å². The maximum absolute atomic E-state index is 13.1. The Morgan fingerprint density at radius 2 is 2.08 bits per heavy atom. The Hall–Kier alpha value is -2.48. The summed E-state index contributed by atoms with van der Waals surface area (Å²) in [7, 11) is 0. The first-order chi connectivity index (χ1) is 11.2. The number of anilines is 1. The molecule has 0 unspecified atom stereocenters. The van der Waals surface area contributed by atoms with Crippen LogP contribution in [-0.2, 0) is 11.2 Å². The summed E-state index contributed by atoms with van der Waals surface area (Å²) >= 11 is 1.10. The number of ether oxygens (including phenoxy) is 1. The normalized spacial score (nSPS) is 11.0. The van der Waals surface area contributed by atoms with Crippen molar-refractivity contribution in [1.82, 2.24) is 10.3 Å². The Balaban J connectivity index is 1.89. The zero-order valence-electron chi connectivity index (χ0n) is 13.6. The number of hydrogen-bond donors (Lipinski definition) is 2. The van der Waals surface area contributed by atoms with E-state index in [0.717, 1.165) is 11.3 Å². The average molecular weight is 351 g/mol. The highest BCUT2D eigenvalue weighted by Gasteiger charge is 2.17. The predicted molar refractivity (Wildman–Crippen MR) is 89.8 cm³/mol. The highest BCUT2D eigenvalue weighted by molar-refractivity contribution is 7.13. The summed E-state index contributed by atoms with van der Waals surface area (Å²) in [5.41, 5.74) is -0.0345. The Morgan fingerprint density at radius 1 is 1.33 bits per heavy atom. The van der Waals surface area contributed by atoms with Gasteiger partial charge in [-0.15, -0.1) is 0 Å². The molecule has 2 aromatic rings. The standard InChI is InChI=1S/C16H18FN3O3S/c1-16(2,3)20-14(22)23-15-18-9-12(24-15)8-13(21)19-11-6-4-5-10(17)7-11/h4-7,9H,8H2,1-3H3,(H,19,21)(H,20,22). The van der Waals surface area contributed by atoms with Crippen LogP contribution in [0.25, 0.3) is 0 Å². The quantitative estimate of drug-likeness (QED) is 0.885. The second kappa shape index (κ2) is 7.39. The minimum atomic E-state index is -0.604. The molecule has 0 radical (unpaired) electrons. The largest absolute Gasteiger partial charge is 0.414 e. The van der Waals surface area contributed by atoms with Crippen LogP contribution in [-0.4, -0.2) is 22.5 Å². The summed E-state index contributed by atoms with van der Waals surface area (Å²) < 4.78 is 18.1. The van der Waals surface area contributed by atoms with Crippen molar-refractivity contribution in [2.24, 2.45) is 0 Å². The highest BCUT2D eigenvalue weighted by atomic mass is 32.1. The molecule has 2 amide bonds. The van der Waals surface area contributed by atoms with Gasteiger partial charge in [-0.05, 0) is 39.0 Å². The van der Waals surface area contributed by atoms with E-state index in [9.17, 15) is 14.0 Å². The van der Waals surface area contributed by atoms with E-state index in [0.29, 0.717) is 10.6 Å². The van der Waals surface area contributed by atoms with Crippen LogP contribution in [0.15, 0.2) is 30.5 Å². The SMILES string of the molecule is CC(C)(C)NC(=O)Oc1ncc(CC(=O)Nc2cccc(F)c2)s1. The first-order valence-electron chi connectivity index (χ1n) is 7.21. The molecular weight excluding hydrogens is 333 g/mol. The third-order valence-electron chi connectivity index (χ3n) is 2.63. The van der Waals surface area contributed by atoms with Gasteiger partial charge < -0.3 is 15.4 Å². The van der Waals surface area contributed by atoms with Gasteiger partial charge in [0.1, 0.15) is 5.82 Å². The first-order valence-corrected chi connectivity index (χ1v) is 8.03. The molecule has 8 heteroatoms. The summed E-state index contributed by atoms with van der Waals surface area (Å²) in [5, 5.41) is 5.40. The zero-order chi connectivity index (χ0) is 17.7. The van der Waals surface area contributed by atoms with Gasteiger partial charge >= 0.3 is 6.09 Å². The molecule has 2 N–H and O–H groups in total. The maximum Gasteiger partial charge on any atom is 0.414 e. The molecule has 2 rings (SSSR count). The molecule has 0 saturated heterocycles. The summed E-state index contributed by atoms with van der Waals surface area (Å²) in [6, 6.07) is 5.64. The fourth-order valence-corrected chi connectivity index (χ4v) is 2.51. The maximum atomic E-state index is 13.1. The van der Waals surface area contributed by atoms with Gasteiger partial charge in [-0.25, -0.2) is 14.2 Å².